The molecule has 0 aliphatic rings. The van der Waals surface area contributed by atoms with E-state index in [4.69, 9.17) is 21.9 Å². The summed E-state index contributed by atoms with van der Waals surface area (Å²) in [4.78, 5) is 8.05. The molecule has 0 fully saturated rings. The normalized spacial score (nSPS) is 10.4. The van der Waals surface area contributed by atoms with E-state index >= 15 is 0 Å². The Morgan fingerprint density at radius 3 is 3.00 bits per heavy atom. The van der Waals surface area contributed by atoms with Crippen LogP contribution in [0.2, 0.25) is 5.02 Å². The van der Waals surface area contributed by atoms with E-state index in [1.54, 1.807) is 18.3 Å². The molecule has 0 amide bonds. The lowest BCUT2D eigenvalue weighted by Gasteiger charge is -1.94. The zero-order valence-corrected chi connectivity index (χ0v) is 7.90. The Hall–Kier alpha value is -1.46. The number of aromatic nitrogens is 3. The highest BCUT2D eigenvalue weighted by atomic mass is 35.5. The van der Waals surface area contributed by atoms with E-state index in [9.17, 15) is 0 Å². The molecule has 0 saturated carbocycles. The summed E-state index contributed by atoms with van der Waals surface area (Å²) >= 11 is 5.90. The molecule has 0 atom stereocenters. The second-order valence-corrected chi connectivity index (χ2v) is 2.96. The molecule has 0 spiro atoms. The molecule has 6 heteroatoms. The van der Waals surface area contributed by atoms with Crippen LogP contribution in [0.15, 0.2) is 22.9 Å². The van der Waals surface area contributed by atoms with Crippen LogP contribution in [0.1, 0.15) is 5.89 Å². The van der Waals surface area contributed by atoms with Gasteiger partial charge in [0.05, 0.1) is 11.6 Å². The van der Waals surface area contributed by atoms with Crippen LogP contribution in [-0.2, 0) is 6.54 Å². The van der Waals surface area contributed by atoms with E-state index in [1.807, 2.05) is 0 Å². The molecule has 2 N–H and O–H groups in total. The van der Waals surface area contributed by atoms with E-state index in [1.165, 1.54) is 0 Å². The lowest BCUT2D eigenvalue weighted by Crippen LogP contribution is -1.96. The van der Waals surface area contributed by atoms with Crippen molar-refractivity contribution >= 4 is 11.6 Å². The molecule has 5 nitrogen and oxygen atoms in total. The van der Waals surface area contributed by atoms with Crippen LogP contribution in [0.5, 0.6) is 0 Å². The molecule has 0 aliphatic heterocycles. The average molecular weight is 211 g/mol. The van der Waals surface area contributed by atoms with Crippen molar-refractivity contribution in [3.8, 4) is 11.5 Å². The van der Waals surface area contributed by atoms with E-state index in [2.05, 4.69) is 15.1 Å². The number of halogens is 1. The molecule has 0 aliphatic carbocycles. The molecule has 0 radical (unpaired) electrons. The maximum atomic E-state index is 5.90. The molecular formula is C8H7ClN4O. The zero-order chi connectivity index (χ0) is 9.97. The third kappa shape index (κ3) is 1.59. The third-order valence-corrected chi connectivity index (χ3v) is 1.92. The fourth-order valence-corrected chi connectivity index (χ4v) is 1.19. The molecule has 14 heavy (non-hydrogen) atoms. The number of nitrogens with zero attached hydrogens (tertiary/aromatic N) is 3. The van der Waals surface area contributed by atoms with E-state index < -0.39 is 0 Å². The summed E-state index contributed by atoms with van der Waals surface area (Å²) in [6.45, 7) is 0.206. The van der Waals surface area contributed by atoms with Gasteiger partial charge in [-0.1, -0.05) is 16.8 Å². The Bertz CT molecular complexity index is 442. The summed E-state index contributed by atoms with van der Waals surface area (Å²) in [5, 5.41) is 4.19. The largest absolute Gasteiger partial charge is 0.338 e. The Morgan fingerprint density at radius 1 is 1.50 bits per heavy atom. The highest BCUT2D eigenvalue weighted by molar-refractivity contribution is 6.32. The van der Waals surface area contributed by atoms with Crippen molar-refractivity contribution in [1.82, 2.24) is 15.1 Å². The topological polar surface area (TPSA) is 77.8 Å². The van der Waals surface area contributed by atoms with Gasteiger partial charge in [0.1, 0.15) is 5.69 Å². The number of hydrogen-bond acceptors (Lipinski definition) is 5. The summed E-state index contributed by atoms with van der Waals surface area (Å²) in [5.74, 6) is 0.720. The van der Waals surface area contributed by atoms with Crippen molar-refractivity contribution < 1.29 is 4.52 Å². The van der Waals surface area contributed by atoms with Crippen LogP contribution in [0.25, 0.3) is 11.5 Å². The Balaban J connectivity index is 2.44. The summed E-state index contributed by atoms with van der Waals surface area (Å²) < 4.78 is 4.84. The van der Waals surface area contributed by atoms with Gasteiger partial charge in [-0.3, -0.25) is 4.98 Å². The van der Waals surface area contributed by atoms with E-state index in [0.29, 0.717) is 22.4 Å². The lowest BCUT2D eigenvalue weighted by molar-refractivity contribution is 0.380. The van der Waals surface area contributed by atoms with Gasteiger partial charge in [0.2, 0.25) is 11.7 Å². The quantitative estimate of drug-likeness (QED) is 0.807. The summed E-state index contributed by atoms with van der Waals surface area (Å²) in [6, 6.07) is 3.44. The summed E-state index contributed by atoms with van der Waals surface area (Å²) in [6.07, 6.45) is 1.61. The summed E-state index contributed by atoms with van der Waals surface area (Å²) in [5.41, 5.74) is 5.83. The highest BCUT2D eigenvalue weighted by Crippen LogP contribution is 2.21. The Kier molecular flexibility index (Phi) is 2.43. The van der Waals surface area contributed by atoms with Crippen molar-refractivity contribution in [2.24, 2.45) is 5.73 Å². The first kappa shape index (κ1) is 9.11. The van der Waals surface area contributed by atoms with Gasteiger partial charge in [-0.25, -0.2) is 0 Å². The standard InChI is InChI=1S/C8H7ClN4O/c9-5-2-1-3-11-7(5)8-12-6(4-10)14-13-8/h1-3H,4,10H2. The van der Waals surface area contributed by atoms with Gasteiger partial charge in [0.25, 0.3) is 0 Å². The molecule has 72 valence electrons. The maximum Gasteiger partial charge on any atom is 0.240 e. The fraction of sp³-hybridized carbons (Fsp3) is 0.125. The molecule has 0 aromatic carbocycles. The lowest BCUT2D eigenvalue weighted by atomic mass is 10.3. The minimum Gasteiger partial charge on any atom is -0.338 e. The van der Waals surface area contributed by atoms with Crippen LogP contribution >= 0.6 is 11.6 Å². The highest BCUT2D eigenvalue weighted by Gasteiger charge is 2.11. The van der Waals surface area contributed by atoms with Gasteiger partial charge in [-0.2, -0.15) is 4.98 Å². The predicted molar refractivity (Wildman–Crippen MR) is 50.4 cm³/mol. The van der Waals surface area contributed by atoms with E-state index in [-0.39, 0.29) is 6.54 Å². The zero-order valence-electron chi connectivity index (χ0n) is 7.14. The molecule has 0 saturated heterocycles. The first-order valence-electron chi connectivity index (χ1n) is 3.95. The number of nitrogens with two attached hydrogens (primary N) is 1. The van der Waals surface area contributed by atoms with Crippen molar-refractivity contribution in [2.45, 2.75) is 6.54 Å². The molecule has 2 rings (SSSR count). The predicted octanol–water partition coefficient (Wildman–Crippen LogP) is 1.24. The average Bonchev–Trinajstić information content (AvgIpc) is 2.67. The molecule has 2 aromatic rings. The first-order chi connectivity index (χ1) is 6.81. The van der Waals surface area contributed by atoms with Gasteiger partial charge in [0, 0.05) is 6.20 Å². The maximum absolute atomic E-state index is 5.90. The third-order valence-electron chi connectivity index (χ3n) is 1.61. The SMILES string of the molecule is NCc1nc(-c2ncccc2Cl)no1. The van der Waals surface area contributed by atoms with Crippen LogP contribution < -0.4 is 5.73 Å². The first-order valence-corrected chi connectivity index (χ1v) is 4.32. The van der Waals surface area contributed by atoms with Crippen molar-refractivity contribution in [3.05, 3.63) is 29.2 Å². The number of rotatable bonds is 2. The second kappa shape index (κ2) is 3.73. The Labute approximate surface area is 84.9 Å². The molecule has 2 heterocycles. The van der Waals surface area contributed by atoms with Crippen molar-refractivity contribution in [1.29, 1.82) is 0 Å². The van der Waals surface area contributed by atoms with Crippen molar-refractivity contribution in [2.75, 3.05) is 0 Å². The minimum atomic E-state index is 0.206. The van der Waals surface area contributed by atoms with Crippen molar-refractivity contribution in [3.63, 3.8) is 0 Å². The fourth-order valence-electron chi connectivity index (χ4n) is 0.984. The van der Waals surface area contributed by atoms with Gasteiger partial charge >= 0.3 is 0 Å². The van der Waals surface area contributed by atoms with Gasteiger partial charge < -0.3 is 10.3 Å². The molecule has 0 bridgehead atoms. The summed E-state index contributed by atoms with van der Waals surface area (Å²) in [7, 11) is 0. The number of pyridine rings is 1. The van der Waals surface area contributed by atoms with Crippen LogP contribution in [0.4, 0.5) is 0 Å². The van der Waals surface area contributed by atoms with E-state index in [0.717, 1.165) is 0 Å². The van der Waals surface area contributed by atoms with Gasteiger partial charge in [-0.05, 0) is 12.1 Å². The van der Waals surface area contributed by atoms with Gasteiger partial charge in [0.15, 0.2) is 0 Å². The smallest absolute Gasteiger partial charge is 0.240 e. The monoisotopic (exact) mass is 210 g/mol. The number of hydrogen-bond donors (Lipinski definition) is 1. The minimum absolute atomic E-state index is 0.206. The molecular weight excluding hydrogens is 204 g/mol. The van der Waals surface area contributed by atoms with Crippen LogP contribution in [0, 0.1) is 0 Å². The van der Waals surface area contributed by atoms with Crippen LogP contribution in [0.3, 0.4) is 0 Å². The Morgan fingerprint density at radius 2 is 2.36 bits per heavy atom. The second-order valence-electron chi connectivity index (χ2n) is 2.55. The molecule has 0 unspecified atom stereocenters. The van der Waals surface area contributed by atoms with Crippen LogP contribution in [-0.4, -0.2) is 15.1 Å². The molecule has 2 aromatic heterocycles. The van der Waals surface area contributed by atoms with Gasteiger partial charge in [-0.15, -0.1) is 0 Å².